The van der Waals surface area contributed by atoms with Crippen molar-refractivity contribution in [3.8, 4) is 0 Å². The monoisotopic (exact) mass is 550 g/mol. The summed E-state index contributed by atoms with van der Waals surface area (Å²) in [5.74, 6) is -0.496. The van der Waals surface area contributed by atoms with Crippen LogP contribution >= 0.6 is 0 Å². The molecule has 202 valence electrons. The van der Waals surface area contributed by atoms with Gasteiger partial charge in [0.1, 0.15) is 17.9 Å². The number of anilines is 1. The van der Waals surface area contributed by atoms with Crippen LogP contribution in [-0.2, 0) is 27.4 Å². The van der Waals surface area contributed by atoms with Gasteiger partial charge in [-0.25, -0.2) is 13.4 Å². The summed E-state index contributed by atoms with van der Waals surface area (Å²) in [5.41, 5.74) is -0.590. The van der Waals surface area contributed by atoms with Gasteiger partial charge in [-0.1, -0.05) is 6.07 Å². The second kappa shape index (κ2) is 9.98. The quantitative estimate of drug-likeness (QED) is 0.517. The second-order valence-corrected chi connectivity index (χ2v) is 11.7. The molecular formula is C24H25F3N6O4S. The number of pyridine rings is 1. The van der Waals surface area contributed by atoms with E-state index in [0.29, 0.717) is 49.2 Å². The average molecular weight is 551 g/mol. The van der Waals surface area contributed by atoms with Crippen molar-refractivity contribution in [1.82, 2.24) is 24.6 Å². The smallest absolute Gasteiger partial charge is 0.339 e. The van der Waals surface area contributed by atoms with E-state index < -0.39 is 27.6 Å². The molecule has 10 nitrogen and oxygen atoms in total. The topological polar surface area (TPSA) is 117 Å². The van der Waals surface area contributed by atoms with E-state index in [-0.39, 0.29) is 35.7 Å². The summed E-state index contributed by atoms with van der Waals surface area (Å²) in [7, 11) is -2.96. The van der Waals surface area contributed by atoms with Gasteiger partial charge in [0.2, 0.25) is 5.91 Å². The van der Waals surface area contributed by atoms with E-state index in [1.807, 2.05) is 0 Å². The van der Waals surface area contributed by atoms with Gasteiger partial charge in [0.15, 0.2) is 9.84 Å². The number of nitrogens with one attached hydrogen (secondary N) is 1. The van der Waals surface area contributed by atoms with Gasteiger partial charge in [0, 0.05) is 49.5 Å². The third-order valence-corrected chi connectivity index (χ3v) is 8.52. The fraction of sp³-hybridized carbons (Fsp3) is 0.417. The van der Waals surface area contributed by atoms with E-state index in [4.69, 9.17) is 0 Å². The van der Waals surface area contributed by atoms with Crippen LogP contribution in [0.4, 0.5) is 18.9 Å². The number of fused-ring (bicyclic) bond motifs is 1. The minimum absolute atomic E-state index is 0.0162. The molecule has 2 fully saturated rings. The van der Waals surface area contributed by atoms with Crippen LogP contribution in [0.1, 0.15) is 22.6 Å². The first-order chi connectivity index (χ1) is 18.0. The second-order valence-electron chi connectivity index (χ2n) is 9.43. The molecule has 0 radical (unpaired) electrons. The van der Waals surface area contributed by atoms with E-state index in [2.05, 4.69) is 20.3 Å². The van der Waals surface area contributed by atoms with Crippen molar-refractivity contribution in [3.63, 3.8) is 0 Å². The number of carbonyl (C=O) groups is 2. The number of nitrogens with zero attached hydrogens (tertiary/aromatic N) is 5. The molecule has 1 atom stereocenters. The van der Waals surface area contributed by atoms with Crippen LogP contribution in [0.25, 0.3) is 10.9 Å². The molecule has 0 saturated carbocycles. The predicted molar refractivity (Wildman–Crippen MR) is 132 cm³/mol. The maximum Gasteiger partial charge on any atom is 0.433 e. The van der Waals surface area contributed by atoms with Gasteiger partial charge in [0.05, 0.1) is 17.0 Å². The van der Waals surface area contributed by atoms with Gasteiger partial charge < -0.3 is 10.2 Å². The number of piperazine rings is 1. The lowest BCUT2D eigenvalue weighted by atomic mass is 10.2. The van der Waals surface area contributed by atoms with Gasteiger partial charge in [-0.15, -0.1) is 0 Å². The lowest BCUT2D eigenvalue weighted by molar-refractivity contribution is -0.141. The predicted octanol–water partition coefficient (Wildman–Crippen LogP) is 2.03. The molecule has 5 rings (SSSR count). The number of aromatic nitrogens is 3. The third kappa shape index (κ3) is 5.80. The molecule has 0 spiro atoms. The van der Waals surface area contributed by atoms with Crippen molar-refractivity contribution in [2.45, 2.75) is 25.2 Å². The summed E-state index contributed by atoms with van der Waals surface area (Å²) in [6, 6.07) is 7.95. The Morgan fingerprint density at radius 3 is 2.53 bits per heavy atom. The highest BCUT2D eigenvalue weighted by molar-refractivity contribution is 7.91. The molecule has 0 bridgehead atoms. The molecule has 4 heterocycles. The Kier molecular flexibility index (Phi) is 6.86. The van der Waals surface area contributed by atoms with Crippen molar-refractivity contribution in [2.75, 3.05) is 43.0 Å². The maximum atomic E-state index is 12.9. The number of carbonyl (C=O) groups excluding carboxylic acids is 2. The molecule has 2 aliphatic heterocycles. The standard InChI is InChI=1S/C24H25F3N6O4S/c25-24(26,27)21-3-1-2-20(29-21)23(35)28-17-4-5-19-16(12-17)13-33(30-19)14-22(34)32-9-7-31(8-10-32)18-6-11-38(36,37)15-18/h1-5,12-13,18H,6-11,14-15H2,(H,28,35). The summed E-state index contributed by atoms with van der Waals surface area (Å²) in [6.45, 7) is 2.28. The first-order valence-electron chi connectivity index (χ1n) is 12.0. The number of hydrogen-bond donors (Lipinski definition) is 1. The van der Waals surface area contributed by atoms with Crippen LogP contribution < -0.4 is 5.32 Å². The third-order valence-electron chi connectivity index (χ3n) is 6.77. The number of rotatable bonds is 5. The number of halogens is 3. The van der Waals surface area contributed by atoms with Gasteiger partial charge in [0.25, 0.3) is 5.91 Å². The summed E-state index contributed by atoms with van der Waals surface area (Å²) < 4.78 is 63.7. The zero-order valence-electron chi connectivity index (χ0n) is 20.2. The largest absolute Gasteiger partial charge is 0.433 e. The highest BCUT2D eigenvalue weighted by Crippen LogP contribution is 2.27. The Bertz CT molecular complexity index is 1480. The average Bonchev–Trinajstić information content (AvgIpc) is 3.45. The summed E-state index contributed by atoms with van der Waals surface area (Å²) in [5, 5.41) is 7.58. The Hall–Kier alpha value is -3.52. The zero-order valence-corrected chi connectivity index (χ0v) is 21.0. The molecule has 0 aliphatic carbocycles. The Balaban J connectivity index is 1.19. The summed E-state index contributed by atoms with van der Waals surface area (Å²) in [4.78, 5) is 32.6. The molecule has 38 heavy (non-hydrogen) atoms. The van der Waals surface area contributed by atoms with E-state index in [9.17, 15) is 31.2 Å². The van der Waals surface area contributed by atoms with Crippen molar-refractivity contribution >= 4 is 38.2 Å². The molecule has 2 amide bonds. The van der Waals surface area contributed by atoms with Crippen molar-refractivity contribution in [1.29, 1.82) is 0 Å². The maximum absolute atomic E-state index is 12.9. The highest BCUT2D eigenvalue weighted by atomic mass is 32.2. The SMILES string of the molecule is O=C(Nc1ccc2nn(CC(=O)N3CCN(C4CCS(=O)(=O)C4)CC3)cc2c1)c1cccc(C(F)(F)F)n1. The van der Waals surface area contributed by atoms with Crippen LogP contribution in [-0.4, -0.2) is 88.5 Å². The van der Waals surface area contributed by atoms with Gasteiger partial charge in [-0.05, 0) is 36.8 Å². The fourth-order valence-corrected chi connectivity index (χ4v) is 6.55. The number of benzene rings is 1. The summed E-state index contributed by atoms with van der Waals surface area (Å²) in [6.07, 6.45) is -2.37. The molecule has 2 aliphatic rings. The van der Waals surface area contributed by atoms with E-state index >= 15 is 0 Å². The number of alkyl halides is 3. The summed E-state index contributed by atoms with van der Waals surface area (Å²) >= 11 is 0. The lowest BCUT2D eigenvalue weighted by Crippen LogP contribution is -2.52. The highest BCUT2D eigenvalue weighted by Gasteiger charge is 2.35. The Morgan fingerprint density at radius 2 is 1.84 bits per heavy atom. The molecule has 1 aromatic carbocycles. The normalized spacial score (nSPS) is 20.1. The molecule has 14 heteroatoms. The minimum atomic E-state index is -4.66. The van der Waals surface area contributed by atoms with E-state index in [0.717, 1.165) is 12.1 Å². The fourth-order valence-electron chi connectivity index (χ4n) is 4.79. The molecule has 2 aromatic heterocycles. The molecule has 3 aromatic rings. The van der Waals surface area contributed by atoms with Crippen LogP contribution in [0, 0.1) is 0 Å². The zero-order chi connectivity index (χ0) is 27.1. The van der Waals surface area contributed by atoms with Crippen LogP contribution in [0.15, 0.2) is 42.6 Å². The number of hydrogen-bond acceptors (Lipinski definition) is 7. The Labute approximate surface area is 216 Å². The molecule has 1 unspecified atom stereocenters. The Morgan fingerprint density at radius 1 is 1.08 bits per heavy atom. The van der Waals surface area contributed by atoms with Crippen molar-refractivity contribution in [2.24, 2.45) is 0 Å². The van der Waals surface area contributed by atoms with Crippen LogP contribution in [0.2, 0.25) is 0 Å². The van der Waals surface area contributed by atoms with Crippen molar-refractivity contribution < 1.29 is 31.2 Å². The van der Waals surface area contributed by atoms with Crippen LogP contribution in [0.5, 0.6) is 0 Å². The molecule has 1 N–H and O–H groups in total. The van der Waals surface area contributed by atoms with E-state index in [1.165, 1.54) is 10.7 Å². The molecular weight excluding hydrogens is 525 g/mol. The van der Waals surface area contributed by atoms with Gasteiger partial charge >= 0.3 is 6.18 Å². The molecule has 2 saturated heterocycles. The first-order valence-corrected chi connectivity index (χ1v) is 13.8. The number of amides is 2. The number of sulfone groups is 1. The first kappa shape index (κ1) is 26.1. The van der Waals surface area contributed by atoms with Crippen LogP contribution in [0.3, 0.4) is 0 Å². The van der Waals surface area contributed by atoms with E-state index in [1.54, 1.807) is 29.3 Å². The van der Waals surface area contributed by atoms with Gasteiger partial charge in [-0.3, -0.25) is 19.2 Å². The lowest BCUT2D eigenvalue weighted by Gasteiger charge is -2.37. The van der Waals surface area contributed by atoms with Gasteiger partial charge in [-0.2, -0.15) is 18.3 Å². The minimum Gasteiger partial charge on any atom is -0.339 e. The van der Waals surface area contributed by atoms with Crippen molar-refractivity contribution in [3.05, 3.63) is 54.0 Å².